The summed E-state index contributed by atoms with van der Waals surface area (Å²) in [5, 5.41) is 0. The van der Waals surface area contributed by atoms with Crippen molar-refractivity contribution in [1.82, 2.24) is 0 Å². The smallest absolute Gasteiger partial charge is 0.0739 e. The quantitative estimate of drug-likeness (QED) is 0.399. The van der Waals surface area contributed by atoms with Gasteiger partial charge >= 0.3 is 0 Å². The van der Waals surface area contributed by atoms with Crippen LogP contribution in [0.5, 0.6) is 0 Å². The fraction of sp³-hybridized carbons (Fsp3) is 0.857. The van der Waals surface area contributed by atoms with Crippen LogP contribution >= 0.6 is 0 Å². The van der Waals surface area contributed by atoms with Gasteiger partial charge in [0.05, 0.1) is 6.54 Å². The Kier molecular flexibility index (Phi) is 11.5. The van der Waals surface area contributed by atoms with Crippen molar-refractivity contribution in [3.8, 4) is 0 Å². The van der Waals surface area contributed by atoms with E-state index in [1.54, 1.807) is 0 Å². The Hall–Kier alpha value is -0.300. The van der Waals surface area contributed by atoms with Crippen LogP contribution in [0, 0.1) is 0 Å². The zero-order valence-corrected chi connectivity index (χ0v) is 10.7. The molecule has 0 radical (unpaired) electrons. The highest BCUT2D eigenvalue weighted by Gasteiger charge is 1.93. The van der Waals surface area contributed by atoms with Gasteiger partial charge < -0.3 is 5.73 Å². The minimum absolute atomic E-state index is 1.11. The third-order valence-corrected chi connectivity index (χ3v) is 2.85. The van der Waals surface area contributed by atoms with E-state index < -0.39 is 0 Å². The summed E-state index contributed by atoms with van der Waals surface area (Å²) in [6.45, 7) is 7.17. The maximum atomic E-state index is 3.93. The summed E-state index contributed by atoms with van der Waals surface area (Å²) in [4.78, 5) is 0. The molecule has 0 spiro atoms. The van der Waals surface area contributed by atoms with E-state index in [1.807, 2.05) is 0 Å². The minimum Gasteiger partial charge on any atom is -0.358 e. The predicted molar refractivity (Wildman–Crippen MR) is 68.7 cm³/mol. The van der Waals surface area contributed by atoms with E-state index >= 15 is 0 Å². The van der Waals surface area contributed by atoms with E-state index in [-0.39, 0.29) is 0 Å². The van der Waals surface area contributed by atoms with Crippen molar-refractivity contribution >= 4 is 0 Å². The SMILES string of the molecule is C=C(C)CCCCCCCCCCC[NH3+]. The van der Waals surface area contributed by atoms with E-state index in [0.717, 1.165) is 6.54 Å². The average Bonchev–Trinajstić information content (AvgIpc) is 2.20. The number of allylic oxidation sites excluding steroid dienone is 1. The summed E-state index contributed by atoms with van der Waals surface area (Å²) in [5.74, 6) is 0. The normalized spacial score (nSPS) is 10.5. The maximum Gasteiger partial charge on any atom is 0.0739 e. The van der Waals surface area contributed by atoms with Gasteiger partial charge in [0.2, 0.25) is 0 Å². The number of rotatable bonds is 11. The van der Waals surface area contributed by atoms with Gasteiger partial charge in [0, 0.05) is 0 Å². The Bertz CT molecular complexity index is 140. The molecule has 0 saturated carbocycles. The van der Waals surface area contributed by atoms with Gasteiger partial charge in [-0.3, -0.25) is 0 Å². The Morgan fingerprint density at radius 2 is 1.20 bits per heavy atom. The summed E-state index contributed by atoms with van der Waals surface area (Å²) < 4.78 is 0. The van der Waals surface area contributed by atoms with Gasteiger partial charge in [0.15, 0.2) is 0 Å². The molecule has 0 aromatic heterocycles. The van der Waals surface area contributed by atoms with E-state index in [1.165, 1.54) is 69.8 Å². The van der Waals surface area contributed by atoms with Crippen LogP contribution in [0.2, 0.25) is 0 Å². The van der Waals surface area contributed by atoms with Gasteiger partial charge in [-0.05, 0) is 32.6 Å². The van der Waals surface area contributed by atoms with Gasteiger partial charge in [0.1, 0.15) is 0 Å². The summed E-state index contributed by atoms with van der Waals surface area (Å²) >= 11 is 0. The topological polar surface area (TPSA) is 27.6 Å². The molecule has 0 unspecified atom stereocenters. The lowest BCUT2D eigenvalue weighted by atomic mass is 10.1. The van der Waals surface area contributed by atoms with Crippen LogP contribution in [0.1, 0.15) is 71.1 Å². The molecule has 0 bridgehead atoms. The fourth-order valence-corrected chi connectivity index (χ4v) is 1.84. The first-order valence-corrected chi connectivity index (χ1v) is 6.71. The molecular formula is C14H30N+. The highest BCUT2D eigenvalue weighted by atomic mass is 14.5. The molecule has 0 heterocycles. The van der Waals surface area contributed by atoms with Crippen molar-refractivity contribution < 1.29 is 5.73 Å². The fourth-order valence-electron chi connectivity index (χ4n) is 1.84. The number of unbranched alkanes of at least 4 members (excludes halogenated alkanes) is 8. The van der Waals surface area contributed by atoms with Crippen molar-refractivity contribution in [2.45, 2.75) is 71.1 Å². The molecule has 0 aliphatic heterocycles. The Morgan fingerprint density at radius 3 is 1.60 bits per heavy atom. The third-order valence-electron chi connectivity index (χ3n) is 2.85. The first kappa shape index (κ1) is 14.7. The van der Waals surface area contributed by atoms with Crippen LogP contribution < -0.4 is 5.73 Å². The zero-order chi connectivity index (χ0) is 11.4. The van der Waals surface area contributed by atoms with Gasteiger partial charge in [-0.25, -0.2) is 0 Å². The molecule has 0 rings (SSSR count). The van der Waals surface area contributed by atoms with Crippen LogP contribution in [0.15, 0.2) is 12.2 Å². The van der Waals surface area contributed by atoms with Crippen LogP contribution in [0.3, 0.4) is 0 Å². The summed E-state index contributed by atoms with van der Waals surface area (Å²) in [7, 11) is 0. The van der Waals surface area contributed by atoms with Crippen LogP contribution in [-0.2, 0) is 0 Å². The lowest BCUT2D eigenvalue weighted by molar-refractivity contribution is -0.368. The van der Waals surface area contributed by atoms with E-state index in [4.69, 9.17) is 0 Å². The number of quaternary nitrogens is 1. The van der Waals surface area contributed by atoms with Gasteiger partial charge in [-0.2, -0.15) is 0 Å². The first-order valence-electron chi connectivity index (χ1n) is 6.71. The Balaban J connectivity index is 2.89. The second kappa shape index (κ2) is 11.8. The lowest BCUT2D eigenvalue weighted by Crippen LogP contribution is -2.50. The molecular weight excluding hydrogens is 182 g/mol. The van der Waals surface area contributed by atoms with Gasteiger partial charge in [0.25, 0.3) is 0 Å². The van der Waals surface area contributed by atoms with Crippen molar-refractivity contribution in [3.05, 3.63) is 12.2 Å². The largest absolute Gasteiger partial charge is 0.358 e. The average molecular weight is 212 g/mol. The van der Waals surface area contributed by atoms with E-state index in [2.05, 4.69) is 19.2 Å². The molecule has 15 heavy (non-hydrogen) atoms. The number of hydrogen-bond donors (Lipinski definition) is 1. The molecule has 1 heteroatoms. The molecule has 3 N–H and O–H groups in total. The second-order valence-corrected chi connectivity index (χ2v) is 4.74. The molecule has 0 saturated heterocycles. The highest BCUT2D eigenvalue weighted by molar-refractivity contribution is 4.86. The van der Waals surface area contributed by atoms with E-state index in [9.17, 15) is 0 Å². The third kappa shape index (κ3) is 13.7. The minimum atomic E-state index is 1.11. The Labute approximate surface area is 96.1 Å². The molecule has 90 valence electrons. The number of hydrogen-bond acceptors (Lipinski definition) is 0. The van der Waals surface area contributed by atoms with Crippen molar-refractivity contribution in [2.24, 2.45) is 0 Å². The van der Waals surface area contributed by atoms with Gasteiger partial charge in [-0.1, -0.05) is 44.1 Å². The summed E-state index contributed by atoms with van der Waals surface area (Å²) in [5.41, 5.74) is 5.20. The van der Waals surface area contributed by atoms with Crippen LogP contribution in [0.4, 0.5) is 0 Å². The van der Waals surface area contributed by atoms with Crippen LogP contribution in [0.25, 0.3) is 0 Å². The first-order chi connectivity index (χ1) is 7.27. The molecule has 0 amide bonds. The van der Waals surface area contributed by atoms with Gasteiger partial charge in [-0.15, -0.1) is 6.58 Å². The standard InChI is InChI=1S/C14H29N/c1-14(2)12-10-8-6-4-3-5-7-9-11-13-15/h1,3-13,15H2,2H3/p+1. The monoisotopic (exact) mass is 212 g/mol. The second-order valence-electron chi connectivity index (χ2n) is 4.74. The van der Waals surface area contributed by atoms with E-state index in [0.29, 0.717) is 0 Å². The molecule has 0 aliphatic rings. The summed E-state index contributed by atoms with van der Waals surface area (Å²) in [6.07, 6.45) is 13.8. The molecule has 0 aliphatic carbocycles. The van der Waals surface area contributed by atoms with Crippen molar-refractivity contribution in [2.75, 3.05) is 6.54 Å². The molecule has 0 fully saturated rings. The highest BCUT2D eigenvalue weighted by Crippen LogP contribution is 2.11. The molecule has 0 atom stereocenters. The Morgan fingerprint density at radius 1 is 0.800 bits per heavy atom. The van der Waals surface area contributed by atoms with Crippen LogP contribution in [-0.4, -0.2) is 6.54 Å². The summed E-state index contributed by atoms with van der Waals surface area (Å²) in [6, 6.07) is 0. The predicted octanol–water partition coefficient (Wildman–Crippen LogP) is 3.71. The van der Waals surface area contributed by atoms with Crippen molar-refractivity contribution in [1.29, 1.82) is 0 Å². The zero-order valence-electron chi connectivity index (χ0n) is 10.7. The lowest BCUT2D eigenvalue weighted by Gasteiger charge is -2.01. The molecule has 1 nitrogen and oxygen atoms in total. The van der Waals surface area contributed by atoms with Crippen molar-refractivity contribution in [3.63, 3.8) is 0 Å². The molecule has 0 aromatic rings. The molecule has 0 aromatic carbocycles. The maximum absolute atomic E-state index is 3.93.